The van der Waals surface area contributed by atoms with Gasteiger partial charge in [0.1, 0.15) is 0 Å². The first-order chi connectivity index (χ1) is 6.33. The van der Waals surface area contributed by atoms with Crippen LogP contribution in [0.4, 0.5) is 11.4 Å². The van der Waals surface area contributed by atoms with Crippen LogP contribution >= 0.6 is 0 Å². The quantitative estimate of drug-likeness (QED) is 0.571. The van der Waals surface area contributed by atoms with Crippen LogP contribution in [0.1, 0.15) is 18.1 Å². The topological polar surface area (TPSA) is 24.7 Å². The van der Waals surface area contributed by atoms with Crippen LogP contribution in [-0.2, 0) is 12.8 Å². The van der Waals surface area contributed by atoms with Gasteiger partial charge in [0.15, 0.2) is 0 Å². The van der Waals surface area contributed by atoms with Crippen LogP contribution in [0.25, 0.3) is 0 Å². The summed E-state index contributed by atoms with van der Waals surface area (Å²) in [5.41, 5.74) is 6.15. The highest BCUT2D eigenvalue weighted by Crippen LogP contribution is 2.35. The third-order valence-electron chi connectivity index (χ3n) is 2.58. The largest absolute Gasteiger partial charge is 0.261 e. The molecule has 2 heteroatoms. The first-order valence-corrected chi connectivity index (χ1v) is 4.55. The van der Waals surface area contributed by atoms with E-state index in [2.05, 4.69) is 29.0 Å². The lowest BCUT2D eigenvalue weighted by Crippen LogP contribution is -1.89. The summed E-state index contributed by atoms with van der Waals surface area (Å²) in [4.78, 5) is 8.78. The van der Waals surface area contributed by atoms with Crippen LogP contribution < -0.4 is 0 Å². The van der Waals surface area contributed by atoms with E-state index in [1.807, 2.05) is 6.21 Å². The highest BCUT2D eigenvalue weighted by molar-refractivity contribution is 5.93. The standard InChI is InChI=1S/C11H10N2/c1-7-4-9-5-8-2-3-12-10(8)6-11(9)13-7/h3,5-6H,2,4H2,1H3. The van der Waals surface area contributed by atoms with Crippen molar-refractivity contribution in [3.8, 4) is 0 Å². The molecule has 0 N–H and O–H groups in total. The summed E-state index contributed by atoms with van der Waals surface area (Å²) in [6.07, 6.45) is 3.97. The SMILES string of the molecule is CC1=Nc2cc3c(cc2C1)CC=N3. The molecule has 0 aliphatic carbocycles. The van der Waals surface area contributed by atoms with E-state index in [1.165, 1.54) is 16.8 Å². The molecule has 64 valence electrons. The summed E-state index contributed by atoms with van der Waals surface area (Å²) in [7, 11) is 0. The summed E-state index contributed by atoms with van der Waals surface area (Å²) in [5.74, 6) is 0. The molecule has 2 heterocycles. The van der Waals surface area contributed by atoms with Crippen molar-refractivity contribution in [3.63, 3.8) is 0 Å². The first kappa shape index (κ1) is 7.01. The molecule has 0 radical (unpaired) electrons. The van der Waals surface area contributed by atoms with Gasteiger partial charge in [-0.05, 0) is 24.1 Å². The van der Waals surface area contributed by atoms with Crippen LogP contribution in [-0.4, -0.2) is 11.9 Å². The minimum atomic E-state index is 0.988. The summed E-state index contributed by atoms with van der Waals surface area (Å²) in [6.45, 7) is 2.08. The molecule has 2 aliphatic rings. The molecule has 3 rings (SSSR count). The lowest BCUT2D eigenvalue weighted by atomic mass is 10.0. The van der Waals surface area contributed by atoms with Gasteiger partial charge < -0.3 is 0 Å². The van der Waals surface area contributed by atoms with Crippen molar-refractivity contribution in [2.24, 2.45) is 9.98 Å². The second-order valence-electron chi connectivity index (χ2n) is 3.65. The fourth-order valence-corrected chi connectivity index (χ4v) is 1.97. The number of hydrogen-bond acceptors (Lipinski definition) is 2. The van der Waals surface area contributed by atoms with E-state index in [0.29, 0.717) is 0 Å². The van der Waals surface area contributed by atoms with Crippen molar-refractivity contribution in [2.45, 2.75) is 19.8 Å². The number of aliphatic imine (C=N–C) groups is 2. The molecule has 0 bridgehead atoms. The summed E-state index contributed by atoms with van der Waals surface area (Å²) < 4.78 is 0. The van der Waals surface area contributed by atoms with E-state index in [0.717, 1.165) is 24.2 Å². The van der Waals surface area contributed by atoms with E-state index in [9.17, 15) is 0 Å². The van der Waals surface area contributed by atoms with Crippen molar-refractivity contribution in [3.05, 3.63) is 23.3 Å². The summed E-state index contributed by atoms with van der Waals surface area (Å²) in [6, 6.07) is 4.35. The Bertz CT molecular complexity index is 442. The van der Waals surface area contributed by atoms with Crippen LogP contribution in [0.2, 0.25) is 0 Å². The molecule has 0 aromatic heterocycles. The maximum atomic E-state index is 4.47. The predicted molar refractivity (Wildman–Crippen MR) is 54.8 cm³/mol. The van der Waals surface area contributed by atoms with Gasteiger partial charge in [0.25, 0.3) is 0 Å². The number of benzene rings is 1. The lowest BCUT2D eigenvalue weighted by molar-refractivity contribution is 1.32. The molecule has 13 heavy (non-hydrogen) atoms. The maximum Gasteiger partial charge on any atom is 0.0686 e. The second kappa shape index (κ2) is 2.28. The average molecular weight is 170 g/mol. The van der Waals surface area contributed by atoms with Crippen LogP contribution in [0, 0.1) is 0 Å². The second-order valence-corrected chi connectivity index (χ2v) is 3.65. The molecule has 0 saturated carbocycles. The Balaban J connectivity index is 2.21. The number of rotatable bonds is 0. The fourth-order valence-electron chi connectivity index (χ4n) is 1.97. The molecule has 0 unspecified atom stereocenters. The Morgan fingerprint density at radius 3 is 3.00 bits per heavy atom. The van der Waals surface area contributed by atoms with E-state index in [4.69, 9.17) is 0 Å². The van der Waals surface area contributed by atoms with Crippen molar-refractivity contribution >= 4 is 23.3 Å². The van der Waals surface area contributed by atoms with E-state index in [-0.39, 0.29) is 0 Å². The van der Waals surface area contributed by atoms with E-state index < -0.39 is 0 Å². The van der Waals surface area contributed by atoms with Gasteiger partial charge in [-0.3, -0.25) is 9.98 Å². The van der Waals surface area contributed by atoms with E-state index >= 15 is 0 Å². The van der Waals surface area contributed by atoms with Gasteiger partial charge in [-0.2, -0.15) is 0 Å². The zero-order valence-corrected chi connectivity index (χ0v) is 7.54. The van der Waals surface area contributed by atoms with Crippen molar-refractivity contribution < 1.29 is 0 Å². The van der Waals surface area contributed by atoms with Gasteiger partial charge in [-0.1, -0.05) is 6.07 Å². The first-order valence-electron chi connectivity index (χ1n) is 4.55. The van der Waals surface area contributed by atoms with Gasteiger partial charge in [0.2, 0.25) is 0 Å². The molecule has 0 saturated heterocycles. The van der Waals surface area contributed by atoms with Crippen molar-refractivity contribution in [1.29, 1.82) is 0 Å². The van der Waals surface area contributed by atoms with E-state index in [1.54, 1.807) is 0 Å². The van der Waals surface area contributed by atoms with Gasteiger partial charge >= 0.3 is 0 Å². The maximum absolute atomic E-state index is 4.47. The van der Waals surface area contributed by atoms with Gasteiger partial charge in [0.05, 0.1) is 11.4 Å². The molecule has 0 spiro atoms. The highest BCUT2D eigenvalue weighted by atomic mass is 14.8. The fraction of sp³-hybridized carbons (Fsp3) is 0.273. The minimum absolute atomic E-state index is 0.988. The van der Waals surface area contributed by atoms with Crippen LogP contribution in [0.3, 0.4) is 0 Å². The van der Waals surface area contributed by atoms with Crippen LogP contribution in [0.5, 0.6) is 0 Å². The normalized spacial score (nSPS) is 17.2. The smallest absolute Gasteiger partial charge is 0.0686 e. The summed E-state index contributed by atoms with van der Waals surface area (Å²) >= 11 is 0. The highest BCUT2D eigenvalue weighted by Gasteiger charge is 2.16. The van der Waals surface area contributed by atoms with Crippen LogP contribution in [0.15, 0.2) is 22.1 Å². The Kier molecular flexibility index (Phi) is 1.23. The Morgan fingerprint density at radius 1 is 1.15 bits per heavy atom. The number of nitrogens with zero attached hydrogens (tertiary/aromatic N) is 2. The number of fused-ring (bicyclic) bond motifs is 2. The average Bonchev–Trinajstić information content (AvgIpc) is 2.63. The molecule has 1 aromatic carbocycles. The zero-order chi connectivity index (χ0) is 8.84. The summed E-state index contributed by atoms with van der Waals surface area (Å²) in [5, 5.41) is 0. The minimum Gasteiger partial charge on any atom is -0.261 e. The Morgan fingerprint density at radius 2 is 2.08 bits per heavy atom. The van der Waals surface area contributed by atoms with Crippen molar-refractivity contribution in [2.75, 3.05) is 0 Å². The molecular formula is C11H10N2. The predicted octanol–water partition coefficient (Wildman–Crippen LogP) is 2.59. The monoisotopic (exact) mass is 170 g/mol. The van der Waals surface area contributed by atoms with Gasteiger partial charge in [-0.15, -0.1) is 0 Å². The van der Waals surface area contributed by atoms with Crippen molar-refractivity contribution in [1.82, 2.24) is 0 Å². The molecule has 0 fully saturated rings. The molecule has 2 aliphatic heterocycles. The Labute approximate surface area is 77.0 Å². The molecule has 0 atom stereocenters. The molecule has 1 aromatic rings. The Hall–Kier alpha value is -1.44. The molecule has 2 nitrogen and oxygen atoms in total. The third kappa shape index (κ3) is 0.949. The van der Waals surface area contributed by atoms with Gasteiger partial charge in [-0.25, -0.2) is 0 Å². The van der Waals surface area contributed by atoms with Gasteiger partial charge in [0, 0.05) is 24.8 Å². The third-order valence-corrected chi connectivity index (χ3v) is 2.58. The zero-order valence-electron chi connectivity index (χ0n) is 7.54. The molecular weight excluding hydrogens is 160 g/mol. The molecule has 0 amide bonds. The number of hydrogen-bond donors (Lipinski definition) is 0. The lowest BCUT2D eigenvalue weighted by Gasteiger charge is -2.01.